The maximum absolute atomic E-state index is 5.69. The largest absolute Gasteiger partial charge is 0.391 e. The molecule has 4 aliphatic rings. The van der Waals surface area contributed by atoms with Gasteiger partial charge in [-0.2, -0.15) is 21.6 Å². The van der Waals surface area contributed by atoms with Crippen LogP contribution < -0.4 is 0 Å². The van der Waals surface area contributed by atoms with Crippen molar-refractivity contribution < 1.29 is 4.84 Å². The Morgan fingerprint density at radius 1 is 1.24 bits per heavy atom. The highest BCUT2D eigenvalue weighted by atomic mass is 32.1. The van der Waals surface area contributed by atoms with Crippen LogP contribution in [0.15, 0.2) is 32.2 Å². The Balaban J connectivity index is 1.58. The summed E-state index contributed by atoms with van der Waals surface area (Å²) in [7, 11) is 0. The molecule has 5 rings (SSSR count). The molecule has 2 fully saturated rings. The summed E-state index contributed by atoms with van der Waals surface area (Å²) < 4.78 is 0. The van der Waals surface area contributed by atoms with Crippen LogP contribution in [-0.4, -0.2) is 23.9 Å². The van der Waals surface area contributed by atoms with Crippen molar-refractivity contribution in [2.24, 2.45) is 33.1 Å². The van der Waals surface area contributed by atoms with Gasteiger partial charge in [0, 0.05) is 11.5 Å². The number of hydrogen-bond donors (Lipinski definition) is 0. The number of thiophene rings is 1. The highest BCUT2D eigenvalue weighted by Gasteiger charge is 2.66. The van der Waals surface area contributed by atoms with E-state index in [1.165, 1.54) is 12.0 Å². The van der Waals surface area contributed by atoms with Gasteiger partial charge in [-0.3, -0.25) is 0 Å². The fourth-order valence-electron chi connectivity index (χ4n) is 4.02. The molecule has 0 saturated heterocycles. The van der Waals surface area contributed by atoms with E-state index in [2.05, 4.69) is 32.2 Å². The Morgan fingerprint density at radius 2 is 2.12 bits per heavy atom. The van der Waals surface area contributed by atoms with Gasteiger partial charge in [0.2, 0.25) is 0 Å². The van der Waals surface area contributed by atoms with E-state index < -0.39 is 0 Å². The Morgan fingerprint density at radius 3 is 2.88 bits per heavy atom. The van der Waals surface area contributed by atoms with Crippen molar-refractivity contribution in [2.75, 3.05) is 0 Å². The lowest BCUT2D eigenvalue weighted by Gasteiger charge is -2.36. The second kappa shape index (κ2) is 2.77. The molecule has 86 valence electrons. The first kappa shape index (κ1) is 8.80. The molecule has 6 atom stereocenters. The standard InChI is InChI=1S/C12H11N3OS/c1-2-17-4-5(1)9-8-6-3-7(12(8)16-15-9)11-10(6)13-14-11/h1-2,4,6-8,10-12H,3H2/t6-,7-,8?,10-,11+,12?/m0/s1. The fourth-order valence-corrected chi connectivity index (χ4v) is 4.67. The molecule has 0 spiro atoms. The van der Waals surface area contributed by atoms with E-state index in [9.17, 15) is 0 Å². The molecular formula is C12H11N3OS. The molecule has 2 saturated carbocycles. The van der Waals surface area contributed by atoms with Gasteiger partial charge in [-0.1, -0.05) is 5.16 Å². The molecule has 0 aromatic carbocycles. The van der Waals surface area contributed by atoms with Gasteiger partial charge in [-0.25, -0.2) is 0 Å². The third-order valence-corrected chi connectivity index (χ3v) is 5.43. The average Bonchev–Trinajstić information content (AvgIpc) is 2.96. The summed E-state index contributed by atoms with van der Waals surface area (Å²) in [6.45, 7) is 0. The Kier molecular flexibility index (Phi) is 1.44. The van der Waals surface area contributed by atoms with Gasteiger partial charge in [-0.15, -0.1) is 0 Å². The van der Waals surface area contributed by atoms with Gasteiger partial charge in [0.25, 0.3) is 0 Å². The Hall–Kier alpha value is -1.23. The quantitative estimate of drug-likeness (QED) is 0.749. The second-order valence-corrected chi connectivity index (χ2v) is 6.14. The van der Waals surface area contributed by atoms with E-state index in [0.717, 1.165) is 5.71 Å². The smallest absolute Gasteiger partial charge is 0.141 e. The predicted octanol–water partition coefficient (Wildman–Crippen LogP) is 2.32. The summed E-state index contributed by atoms with van der Waals surface area (Å²) in [6, 6.07) is 3.05. The minimum absolute atomic E-state index is 0.274. The van der Waals surface area contributed by atoms with Crippen LogP contribution in [0.3, 0.4) is 0 Å². The zero-order chi connectivity index (χ0) is 11.0. The Bertz CT molecular complexity index is 538. The molecule has 2 aliphatic heterocycles. The third-order valence-electron chi connectivity index (χ3n) is 4.75. The van der Waals surface area contributed by atoms with Gasteiger partial charge >= 0.3 is 0 Å². The van der Waals surface area contributed by atoms with Crippen molar-refractivity contribution in [1.29, 1.82) is 0 Å². The highest BCUT2D eigenvalue weighted by molar-refractivity contribution is 7.08. The topological polar surface area (TPSA) is 46.3 Å². The lowest BCUT2D eigenvalue weighted by atomic mass is 9.76. The third kappa shape index (κ3) is 0.899. The molecule has 2 unspecified atom stereocenters. The fraction of sp³-hybridized carbons (Fsp3) is 0.583. The zero-order valence-corrected chi connectivity index (χ0v) is 9.88. The summed E-state index contributed by atoms with van der Waals surface area (Å²) in [5.74, 6) is 1.65. The van der Waals surface area contributed by atoms with E-state index in [-0.39, 0.29) is 6.10 Å². The first-order chi connectivity index (χ1) is 8.43. The molecule has 0 radical (unpaired) electrons. The van der Waals surface area contributed by atoms with Gasteiger partial charge in [0.1, 0.15) is 12.1 Å². The van der Waals surface area contributed by atoms with E-state index in [1.807, 2.05) is 0 Å². The van der Waals surface area contributed by atoms with E-state index in [1.54, 1.807) is 11.3 Å². The minimum atomic E-state index is 0.274. The molecule has 0 amide bonds. The van der Waals surface area contributed by atoms with Crippen LogP contribution in [0, 0.1) is 17.8 Å². The monoisotopic (exact) mass is 245 g/mol. The molecule has 2 aliphatic carbocycles. The number of oxime groups is 1. The van der Waals surface area contributed by atoms with Crippen molar-refractivity contribution in [2.45, 2.75) is 24.6 Å². The summed E-state index contributed by atoms with van der Waals surface area (Å²) >= 11 is 1.72. The summed E-state index contributed by atoms with van der Waals surface area (Å²) in [6.07, 6.45) is 1.50. The molecule has 17 heavy (non-hydrogen) atoms. The van der Waals surface area contributed by atoms with Crippen molar-refractivity contribution in [1.82, 2.24) is 0 Å². The molecule has 1 aromatic heterocycles. The van der Waals surface area contributed by atoms with Crippen LogP contribution in [0.25, 0.3) is 0 Å². The number of hydrogen-bond acceptors (Lipinski definition) is 5. The molecular weight excluding hydrogens is 234 g/mol. The van der Waals surface area contributed by atoms with Gasteiger partial charge in [0.15, 0.2) is 0 Å². The second-order valence-electron chi connectivity index (χ2n) is 5.36. The molecule has 0 N–H and O–H groups in total. The van der Waals surface area contributed by atoms with Crippen LogP contribution in [-0.2, 0) is 4.84 Å². The zero-order valence-electron chi connectivity index (χ0n) is 9.06. The molecule has 2 bridgehead atoms. The number of azo groups is 1. The summed E-state index contributed by atoms with van der Waals surface area (Å²) in [5.41, 5.74) is 2.40. The Labute approximate surface area is 102 Å². The molecule has 3 heterocycles. The van der Waals surface area contributed by atoms with Crippen LogP contribution in [0.1, 0.15) is 12.0 Å². The predicted molar refractivity (Wildman–Crippen MR) is 63.2 cm³/mol. The SMILES string of the molecule is c1cc(C2=NOC3C2[C@@H]2C[C@H]3[C@H]3N=N[C@H]32)cs1. The number of fused-ring (bicyclic) bond motifs is 8. The maximum atomic E-state index is 5.69. The first-order valence-electron chi connectivity index (χ1n) is 6.10. The van der Waals surface area contributed by atoms with Crippen molar-refractivity contribution in [3.05, 3.63) is 22.4 Å². The first-order valence-corrected chi connectivity index (χ1v) is 7.04. The van der Waals surface area contributed by atoms with Crippen molar-refractivity contribution in [3.63, 3.8) is 0 Å². The van der Waals surface area contributed by atoms with E-state index in [4.69, 9.17) is 4.84 Å². The van der Waals surface area contributed by atoms with Gasteiger partial charge in [-0.05, 0) is 29.2 Å². The maximum Gasteiger partial charge on any atom is 0.141 e. The normalized spacial score (nSPS) is 48.4. The minimum Gasteiger partial charge on any atom is -0.391 e. The average molecular weight is 245 g/mol. The van der Waals surface area contributed by atoms with Crippen LogP contribution in [0.4, 0.5) is 0 Å². The summed E-state index contributed by atoms with van der Waals surface area (Å²) in [4.78, 5) is 5.69. The van der Waals surface area contributed by atoms with Crippen molar-refractivity contribution >= 4 is 17.0 Å². The highest BCUT2D eigenvalue weighted by Crippen LogP contribution is 2.58. The lowest BCUT2D eigenvalue weighted by molar-refractivity contribution is 0.00785. The van der Waals surface area contributed by atoms with Crippen LogP contribution >= 0.6 is 11.3 Å². The number of nitrogens with zero attached hydrogens (tertiary/aromatic N) is 3. The van der Waals surface area contributed by atoms with E-state index in [0.29, 0.717) is 29.8 Å². The van der Waals surface area contributed by atoms with Gasteiger partial charge < -0.3 is 4.84 Å². The summed E-state index contributed by atoms with van der Waals surface area (Å²) in [5, 5.41) is 17.2. The van der Waals surface area contributed by atoms with E-state index >= 15 is 0 Å². The van der Waals surface area contributed by atoms with Crippen LogP contribution in [0.5, 0.6) is 0 Å². The number of rotatable bonds is 1. The van der Waals surface area contributed by atoms with Crippen LogP contribution in [0.2, 0.25) is 0 Å². The molecule has 5 heteroatoms. The molecule has 1 aromatic rings. The van der Waals surface area contributed by atoms with Crippen molar-refractivity contribution in [3.8, 4) is 0 Å². The van der Waals surface area contributed by atoms with Gasteiger partial charge in [0.05, 0.1) is 17.7 Å². The lowest BCUT2D eigenvalue weighted by Crippen LogP contribution is -2.47. The molecule has 4 nitrogen and oxygen atoms in total.